The van der Waals surface area contributed by atoms with Crippen LogP contribution in [0.4, 0.5) is 0 Å². The predicted molar refractivity (Wildman–Crippen MR) is 95.5 cm³/mol. The second kappa shape index (κ2) is 5.21. The molecule has 0 aliphatic rings. The summed E-state index contributed by atoms with van der Waals surface area (Å²) in [4.78, 5) is 12.2. The summed E-state index contributed by atoms with van der Waals surface area (Å²) < 4.78 is 0. The number of carbonyl (C=O) groups excluding carboxylic acids is 1. The van der Waals surface area contributed by atoms with Crippen LogP contribution in [-0.4, -0.2) is 5.91 Å². The molecule has 0 aliphatic heterocycles. The maximum Gasteiger partial charge on any atom is 0.241 e. The van der Waals surface area contributed by atoms with Gasteiger partial charge >= 0.3 is 0 Å². The van der Waals surface area contributed by atoms with Crippen molar-refractivity contribution in [3.05, 3.63) is 60.2 Å². The molecule has 1 amide bonds. The Morgan fingerprint density at radius 1 is 0.957 bits per heavy atom. The molecule has 0 saturated heterocycles. The van der Waals surface area contributed by atoms with Crippen LogP contribution in [0.2, 0.25) is 0 Å². The molecule has 0 aliphatic carbocycles. The van der Waals surface area contributed by atoms with Crippen molar-refractivity contribution >= 4 is 38.2 Å². The summed E-state index contributed by atoms with van der Waals surface area (Å²) in [6.45, 7) is 2.01. The van der Waals surface area contributed by atoms with E-state index in [1.54, 1.807) is 0 Å². The number of benzene rings is 4. The molecule has 1 unspecified atom stereocenters. The molecule has 0 spiro atoms. The Bertz CT molecular complexity index is 1010. The fourth-order valence-corrected chi connectivity index (χ4v) is 3.71. The molecule has 1 atom stereocenters. The molecule has 0 saturated carbocycles. The van der Waals surface area contributed by atoms with Gasteiger partial charge in [0, 0.05) is 0 Å². The zero-order valence-corrected chi connectivity index (χ0v) is 13.0. The second-order valence-corrected chi connectivity index (χ2v) is 5.98. The van der Waals surface area contributed by atoms with Gasteiger partial charge in [0.15, 0.2) is 0 Å². The van der Waals surface area contributed by atoms with Gasteiger partial charge in [-0.3, -0.25) is 10.2 Å². The molecular formula is C20H18N2O. The molecule has 0 fully saturated rings. The molecule has 0 bridgehead atoms. The van der Waals surface area contributed by atoms with Crippen LogP contribution >= 0.6 is 0 Å². The van der Waals surface area contributed by atoms with Gasteiger partial charge in [-0.05, 0) is 44.3 Å². The lowest BCUT2D eigenvalue weighted by molar-refractivity contribution is -0.122. The summed E-state index contributed by atoms with van der Waals surface area (Å²) in [5, 5.41) is 7.31. The number of hydrazine groups is 1. The number of hydrogen-bond acceptors (Lipinski definition) is 2. The molecule has 0 heterocycles. The summed E-state index contributed by atoms with van der Waals surface area (Å²) in [5.41, 5.74) is 3.35. The summed E-state index contributed by atoms with van der Waals surface area (Å²) >= 11 is 0. The van der Waals surface area contributed by atoms with Crippen LogP contribution in [0.3, 0.4) is 0 Å². The van der Waals surface area contributed by atoms with Gasteiger partial charge in [0.1, 0.15) is 0 Å². The van der Waals surface area contributed by atoms with Crippen molar-refractivity contribution in [1.82, 2.24) is 5.43 Å². The van der Waals surface area contributed by atoms with Gasteiger partial charge in [-0.2, -0.15) is 0 Å². The minimum absolute atomic E-state index is 0.137. The van der Waals surface area contributed by atoms with Crippen LogP contribution in [-0.2, 0) is 4.79 Å². The first-order valence-corrected chi connectivity index (χ1v) is 7.91. The summed E-state index contributed by atoms with van der Waals surface area (Å²) in [6.07, 6.45) is 0.715. The summed E-state index contributed by atoms with van der Waals surface area (Å²) in [7, 11) is 0. The average Bonchev–Trinajstić information content (AvgIpc) is 2.61. The number of nitrogens with one attached hydrogen (secondary N) is 1. The van der Waals surface area contributed by atoms with Gasteiger partial charge in [-0.1, -0.05) is 61.5 Å². The van der Waals surface area contributed by atoms with Crippen LogP contribution in [0.15, 0.2) is 54.6 Å². The molecule has 4 aromatic carbocycles. The van der Waals surface area contributed by atoms with Crippen molar-refractivity contribution in [2.24, 2.45) is 5.84 Å². The predicted octanol–water partition coefficient (Wildman–Crippen LogP) is 4.07. The number of amides is 1. The third-order valence-electron chi connectivity index (χ3n) is 4.80. The molecule has 4 aromatic rings. The molecule has 3 heteroatoms. The van der Waals surface area contributed by atoms with E-state index in [0.29, 0.717) is 6.42 Å². The zero-order chi connectivity index (χ0) is 16.0. The fourth-order valence-electron chi connectivity index (χ4n) is 3.71. The van der Waals surface area contributed by atoms with Crippen LogP contribution in [0.1, 0.15) is 24.8 Å². The summed E-state index contributed by atoms with van der Waals surface area (Å²) in [6, 6.07) is 19.1. The maximum atomic E-state index is 12.2. The second-order valence-electron chi connectivity index (χ2n) is 5.98. The van der Waals surface area contributed by atoms with E-state index in [1.807, 2.05) is 6.92 Å². The van der Waals surface area contributed by atoms with Crippen molar-refractivity contribution in [2.45, 2.75) is 19.3 Å². The van der Waals surface area contributed by atoms with Crippen LogP contribution in [0.25, 0.3) is 32.3 Å². The lowest BCUT2D eigenvalue weighted by Gasteiger charge is -2.18. The van der Waals surface area contributed by atoms with Crippen LogP contribution < -0.4 is 11.3 Å². The minimum Gasteiger partial charge on any atom is -0.294 e. The van der Waals surface area contributed by atoms with Gasteiger partial charge < -0.3 is 0 Å². The molecule has 114 valence electrons. The van der Waals surface area contributed by atoms with Crippen molar-refractivity contribution in [3.8, 4) is 0 Å². The summed E-state index contributed by atoms with van der Waals surface area (Å²) in [5.74, 6) is 5.01. The monoisotopic (exact) mass is 302 g/mol. The van der Waals surface area contributed by atoms with Crippen molar-refractivity contribution in [2.75, 3.05) is 0 Å². The average molecular weight is 302 g/mol. The van der Waals surface area contributed by atoms with E-state index in [2.05, 4.69) is 60.0 Å². The number of carbonyl (C=O) groups is 1. The fraction of sp³-hybridized carbons (Fsp3) is 0.150. The lowest BCUT2D eigenvalue weighted by Crippen LogP contribution is -2.34. The highest BCUT2D eigenvalue weighted by atomic mass is 16.2. The van der Waals surface area contributed by atoms with Crippen LogP contribution in [0.5, 0.6) is 0 Å². The Balaban J connectivity index is 2.13. The lowest BCUT2D eigenvalue weighted by atomic mass is 9.86. The molecule has 0 aromatic heterocycles. The molecule has 3 N–H and O–H groups in total. The van der Waals surface area contributed by atoms with Crippen molar-refractivity contribution < 1.29 is 4.79 Å². The first kappa shape index (κ1) is 14.0. The van der Waals surface area contributed by atoms with E-state index >= 15 is 0 Å². The molecule has 23 heavy (non-hydrogen) atoms. The third kappa shape index (κ3) is 1.97. The van der Waals surface area contributed by atoms with E-state index in [4.69, 9.17) is 5.84 Å². The van der Waals surface area contributed by atoms with Gasteiger partial charge in [-0.25, -0.2) is 5.84 Å². The molecule has 3 nitrogen and oxygen atoms in total. The largest absolute Gasteiger partial charge is 0.294 e. The Labute approximate surface area is 134 Å². The van der Waals surface area contributed by atoms with E-state index < -0.39 is 0 Å². The standard InChI is InChI=1S/C20H18N2O/c1-2-15(20(23)22-21)16-10-8-14-7-6-12-4-3-5-13-9-11-17(16)19(14)18(12)13/h3-11,15H,2,21H2,1H3,(H,22,23). The highest BCUT2D eigenvalue weighted by Gasteiger charge is 2.21. The molecular weight excluding hydrogens is 284 g/mol. The Morgan fingerprint density at radius 2 is 1.57 bits per heavy atom. The Hall–Kier alpha value is -2.65. The normalized spacial score (nSPS) is 13.0. The van der Waals surface area contributed by atoms with E-state index in [0.717, 1.165) is 10.9 Å². The molecule has 0 radical (unpaired) electrons. The first-order chi connectivity index (χ1) is 11.2. The number of rotatable bonds is 3. The zero-order valence-electron chi connectivity index (χ0n) is 13.0. The Kier molecular flexibility index (Phi) is 3.17. The van der Waals surface area contributed by atoms with Crippen LogP contribution in [0, 0.1) is 0 Å². The van der Waals surface area contributed by atoms with Crippen molar-refractivity contribution in [3.63, 3.8) is 0 Å². The Morgan fingerprint density at radius 3 is 2.22 bits per heavy atom. The van der Waals surface area contributed by atoms with E-state index in [-0.39, 0.29) is 11.8 Å². The van der Waals surface area contributed by atoms with E-state index in [9.17, 15) is 4.79 Å². The SMILES string of the molecule is CCC(C(=O)NN)c1ccc2ccc3cccc4ccc1c2c34. The third-order valence-corrected chi connectivity index (χ3v) is 4.80. The van der Waals surface area contributed by atoms with E-state index in [1.165, 1.54) is 26.9 Å². The minimum atomic E-state index is -0.232. The smallest absolute Gasteiger partial charge is 0.241 e. The van der Waals surface area contributed by atoms with Gasteiger partial charge in [0.2, 0.25) is 5.91 Å². The molecule has 4 rings (SSSR count). The number of nitrogens with two attached hydrogens (primary N) is 1. The highest BCUT2D eigenvalue weighted by Crippen LogP contribution is 2.38. The quantitative estimate of drug-likeness (QED) is 0.259. The van der Waals surface area contributed by atoms with Crippen molar-refractivity contribution in [1.29, 1.82) is 0 Å². The first-order valence-electron chi connectivity index (χ1n) is 7.91. The van der Waals surface area contributed by atoms with Gasteiger partial charge in [0.05, 0.1) is 5.92 Å². The highest BCUT2D eigenvalue weighted by molar-refractivity contribution is 6.23. The number of hydrogen-bond donors (Lipinski definition) is 2. The van der Waals surface area contributed by atoms with Gasteiger partial charge in [-0.15, -0.1) is 0 Å². The topological polar surface area (TPSA) is 55.1 Å². The van der Waals surface area contributed by atoms with Gasteiger partial charge in [0.25, 0.3) is 0 Å². The maximum absolute atomic E-state index is 12.2.